The van der Waals surface area contributed by atoms with Gasteiger partial charge in [-0.05, 0) is 13.8 Å². The Morgan fingerprint density at radius 1 is 1.24 bits per heavy atom. The van der Waals surface area contributed by atoms with Gasteiger partial charge >= 0.3 is 23.6 Å². The number of hydrogen-bond donors (Lipinski definition) is 0. The number of ether oxygens (including phenoxy) is 3. The van der Waals surface area contributed by atoms with Crippen LogP contribution in [0.2, 0.25) is 0 Å². The molecule has 0 N–H and O–H groups in total. The van der Waals surface area contributed by atoms with Crippen molar-refractivity contribution in [2.45, 2.75) is 26.4 Å². The molecular weight excluding hydrogens is 286 g/mol. The Labute approximate surface area is 120 Å². The SMILES string of the molecule is CCOC(=O)C1=[N+]([O-])OC(C(=O)OCC)C1CC(=O)OC. The minimum atomic E-state index is -1.39. The van der Waals surface area contributed by atoms with Crippen LogP contribution < -0.4 is 0 Å². The van der Waals surface area contributed by atoms with Crippen molar-refractivity contribution < 1.29 is 38.3 Å². The van der Waals surface area contributed by atoms with Gasteiger partial charge in [0.25, 0.3) is 0 Å². The topological polar surface area (TPSA) is 114 Å². The molecule has 2 unspecified atom stereocenters. The molecule has 21 heavy (non-hydrogen) atoms. The summed E-state index contributed by atoms with van der Waals surface area (Å²) in [5.41, 5.74) is -0.458. The molecule has 0 saturated carbocycles. The van der Waals surface area contributed by atoms with Crippen molar-refractivity contribution in [3.63, 3.8) is 0 Å². The molecule has 0 radical (unpaired) electrons. The number of carbonyl (C=O) groups is 3. The standard InChI is InChI=1S/C12H17NO8/c1-4-19-11(15)9-7(6-8(14)18-3)10(21-13(9)17)12(16)20-5-2/h7,10H,4-6H2,1-3H3. The Morgan fingerprint density at radius 3 is 2.38 bits per heavy atom. The molecule has 118 valence electrons. The second-order valence-corrected chi connectivity index (χ2v) is 4.03. The molecule has 9 heteroatoms. The molecule has 1 aliphatic rings. The van der Waals surface area contributed by atoms with E-state index in [1.807, 2.05) is 0 Å². The summed E-state index contributed by atoms with van der Waals surface area (Å²) < 4.78 is 14.0. The lowest BCUT2D eigenvalue weighted by atomic mass is 9.93. The van der Waals surface area contributed by atoms with Crippen molar-refractivity contribution in [1.29, 1.82) is 0 Å². The van der Waals surface area contributed by atoms with Gasteiger partial charge in [0.2, 0.25) is 0 Å². The maximum absolute atomic E-state index is 11.8. The van der Waals surface area contributed by atoms with Gasteiger partial charge in [0, 0.05) is 0 Å². The fourth-order valence-corrected chi connectivity index (χ4v) is 1.84. The predicted octanol–water partition coefficient (Wildman–Crippen LogP) is -0.443. The third-order valence-electron chi connectivity index (χ3n) is 2.74. The van der Waals surface area contributed by atoms with Crippen LogP contribution in [0.1, 0.15) is 20.3 Å². The van der Waals surface area contributed by atoms with Crippen LogP contribution >= 0.6 is 0 Å². The normalized spacial score (nSPS) is 20.7. The highest BCUT2D eigenvalue weighted by molar-refractivity contribution is 6.36. The summed E-state index contributed by atoms with van der Waals surface area (Å²) >= 11 is 0. The molecular formula is C12H17NO8. The van der Waals surface area contributed by atoms with E-state index in [1.54, 1.807) is 13.8 Å². The van der Waals surface area contributed by atoms with Crippen LogP contribution in [0.25, 0.3) is 0 Å². The number of carbonyl (C=O) groups excluding carboxylic acids is 3. The Hall–Kier alpha value is -2.32. The summed E-state index contributed by atoms with van der Waals surface area (Å²) in [7, 11) is 1.15. The zero-order chi connectivity index (χ0) is 16.0. The van der Waals surface area contributed by atoms with Gasteiger partial charge in [0.05, 0.1) is 37.6 Å². The van der Waals surface area contributed by atoms with Crippen LogP contribution in [0.5, 0.6) is 0 Å². The zero-order valence-electron chi connectivity index (χ0n) is 12.0. The highest BCUT2D eigenvalue weighted by atomic mass is 16.9. The fourth-order valence-electron chi connectivity index (χ4n) is 1.84. The van der Waals surface area contributed by atoms with E-state index in [2.05, 4.69) is 4.74 Å². The maximum atomic E-state index is 11.8. The number of hydrogen-bond acceptors (Lipinski definition) is 8. The molecule has 9 nitrogen and oxygen atoms in total. The lowest BCUT2D eigenvalue weighted by molar-refractivity contribution is -0.737. The van der Waals surface area contributed by atoms with E-state index >= 15 is 0 Å². The molecule has 0 aromatic carbocycles. The van der Waals surface area contributed by atoms with E-state index in [9.17, 15) is 19.6 Å². The van der Waals surface area contributed by atoms with Gasteiger partial charge in [-0.25, -0.2) is 4.79 Å². The molecule has 1 heterocycles. The van der Waals surface area contributed by atoms with E-state index in [-0.39, 0.29) is 24.5 Å². The first-order valence-electron chi connectivity index (χ1n) is 6.37. The van der Waals surface area contributed by atoms with Crippen molar-refractivity contribution in [2.75, 3.05) is 20.3 Å². The van der Waals surface area contributed by atoms with E-state index in [4.69, 9.17) is 14.3 Å². The van der Waals surface area contributed by atoms with E-state index < -0.39 is 35.6 Å². The van der Waals surface area contributed by atoms with Crippen LogP contribution in [-0.2, 0) is 33.4 Å². The lowest BCUT2D eigenvalue weighted by Gasteiger charge is -2.16. The van der Waals surface area contributed by atoms with Crippen molar-refractivity contribution in [2.24, 2.45) is 5.92 Å². The average molecular weight is 303 g/mol. The first kappa shape index (κ1) is 16.7. The Morgan fingerprint density at radius 2 is 1.86 bits per heavy atom. The monoisotopic (exact) mass is 303 g/mol. The van der Waals surface area contributed by atoms with Gasteiger partial charge in [0.15, 0.2) is 6.10 Å². The third-order valence-corrected chi connectivity index (χ3v) is 2.74. The van der Waals surface area contributed by atoms with Gasteiger partial charge in [-0.15, -0.1) is 0 Å². The van der Waals surface area contributed by atoms with E-state index in [1.165, 1.54) is 0 Å². The number of rotatable bonds is 6. The number of esters is 3. The molecule has 0 bridgehead atoms. The molecule has 1 rings (SSSR count). The van der Waals surface area contributed by atoms with Gasteiger partial charge in [0.1, 0.15) is 0 Å². The lowest BCUT2D eigenvalue weighted by Crippen LogP contribution is -2.37. The molecule has 0 spiro atoms. The van der Waals surface area contributed by atoms with Crippen LogP contribution in [0.15, 0.2) is 0 Å². The summed E-state index contributed by atoms with van der Waals surface area (Å²) in [6, 6.07) is 0. The molecule has 0 saturated heterocycles. The van der Waals surface area contributed by atoms with Gasteiger partial charge in [-0.1, -0.05) is 0 Å². The average Bonchev–Trinajstić information content (AvgIpc) is 2.76. The summed E-state index contributed by atoms with van der Waals surface area (Å²) in [4.78, 5) is 39.6. The van der Waals surface area contributed by atoms with Gasteiger partial charge < -0.3 is 19.0 Å². The molecule has 0 fully saturated rings. The molecule has 0 amide bonds. The summed E-state index contributed by atoms with van der Waals surface area (Å²) in [5.74, 6) is -3.61. The Bertz CT molecular complexity index is 458. The largest absolute Gasteiger partial charge is 0.469 e. The smallest absolute Gasteiger partial charge is 0.405 e. The third kappa shape index (κ3) is 3.83. The molecule has 0 aromatic heterocycles. The second-order valence-electron chi connectivity index (χ2n) is 4.03. The van der Waals surface area contributed by atoms with Crippen LogP contribution in [0.3, 0.4) is 0 Å². The summed E-state index contributed by atoms with van der Waals surface area (Å²) in [6.07, 6.45) is -1.77. The second kappa shape index (κ2) is 7.46. The van der Waals surface area contributed by atoms with Crippen molar-refractivity contribution >= 4 is 23.6 Å². The minimum Gasteiger partial charge on any atom is -0.469 e. The van der Waals surface area contributed by atoms with Crippen molar-refractivity contribution in [3.8, 4) is 0 Å². The van der Waals surface area contributed by atoms with Gasteiger partial charge in [-0.2, -0.15) is 0 Å². The summed E-state index contributed by atoms with van der Waals surface area (Å²) in [5, 5.41) is 11.7. The molecule has 0 aromatic rings. The van der Waals surface area contributed by atoms with Crippen molar-refractivity contribution in [1.82, 2.24) is 0 Å². The van der Waals surface area contributed by atoms with Gasteiger partial charge in [-0.3, -0.25) is 14.8 Å². The minimum absolute atomic E-state index is 0.0329. The predicted molar refractivity (Wildman–Crippen MR) is 66.9 cm³/mol. The fraction of sp³-hybridized carbons (Fsp3) is 0.667. The Kier molecular flexibility index (Phi) is 5.94. The number of methoxy groups -OCH3 is 1. The Balaban J connectivity index is 3.02. The first-order valence-corrected chi connectivity index (χ1v) is 6.37. The summed E-state index contributed by atoms with van der Waals surface area (Å²) in [6.45, 7) is 3.23. The quantitative estimate of drug-likeness (QED) is 0.368. The zero-order valence-corrected chi connectivity index (χ0v) is 12.0. The molecule has 1 aliphatic heterocycles. The molecule has 2 atom stereocenters. The van der Waals surface area contributed by atoms with Crippen molar-refractivity contribution in [3.05, 3.63) is 5.21 Å². The molecule has 0 aliphatic carbocycles. The number of nitrogens with zero attached hydrogens (tertiary/aromatic N) is 1. The maximum Gasteiger partial charge on any atom is 0.405 e. The first-order chi connectivity index (χ1) is 9.96. The van der Waals surface area contributed by atoms with Crippen LogP contribution in [-0.4, -0.2) is 54.9 Å². The van der Waals surface area contributed by atoms with Crippen LogP contribution in [0, 0.1) is 11.1 Å². The van der Waals surface area contributed by atoms with E-state index in [0.29, 0.717) is 0 Å². The van der Waals surface area contributed by atoms with Crippen LogP contribution in [0.4, 0.5) is 0 Å². The highest BCUT2D eigenvalue weighted by Crippen LogP contribution is 2.24. The highest BCUT2D eigenvalue weighted by Gasteiger charge is 2.50. The van der Waals surface area contributed by atoms with E-state index in [0.717, 1.165) is 7.11 Å².